The van der Waals surface area contributed by atoms with Gasteiger partial charge in [-0.3, -0.25) is 14.9 Å². The van der Waals surface area contributed by atoms with Crippen molar-refractivity contribution >= 4 is 23.4 Å². The lowest BCUT2D eigenvalue weighted by atomic mass is 10.2. The second-order valence-electron chi connectivity index (χ2n) is 5.34. The summed E-state index contributed by atoms with van der Waals surface area (Å²) >= 11 is 1.44. The Morgan fingerprint density at radius 3 is 2.55 bits per heavy atom. The van der Waals surface area contributed by atoms with Gasteiger partial charge in [0.1, 0.15) is 0 Å². The number of aliphatic hydroxyl groups excluding tert-OH is 1. The number of carbonyl (C=O) groups is 1. The molecule has 0 aliphatic carbocycles. The highest BCUT2D eigenvalue weighted by atomic mass is 32.2. The van der Waals surface area contributed by atoms with Crippen molar-refractivity contribution in [3.63, 3.8) is 0 Å². The maximum atomic E-state index is 11.9. The number of hydrogen-bond donors (Lipinski definition) is 1. The summed E-state index contributed by atoms with van der Waals surface area (Å²) in [6, 6.07) is 6.24. The number of non-ortho nitro benzene ring substituents is 1. The summed E-state index contributed by atoms with van der Waals surface area (Å²) in [6.07, 6.45) is 2.43. The molecule has 1 aromatic carbocycles. The molecule has 1 heterocycles. The third-order valence-electron chi connectivity index (χ3n) is 3.64. The zero-order chi connectivity index (χ0) is 15.9. The molecule has 1 unspecified atom stereocenters. The van der Waals surface area contributed by atoms with Gasteiger partial charge in [0.25, 0.3) is 5.69 Å². The minimum Gasteiger partial charge on any atom is -0.392 e. The molecule has 1 aliphatic heterocycles. The molecule has 0 spiro atoms. The first-order valence-electron chi connectivity index (χ1n) is 7.39. The molecule has 1 aromatic rings. The zero-order valence-electron chi connectivity index (χ0n) is 12.3. The highest BCUT2D eigenvalue weighted by Crippen LogP contribution is 2.23. The minimum atomic E-state index is -0.549. The molecule has 7 heteroatoms. The SMILES string of the molecule is O=C(CCC(O)CSc1ccc([N+](=O)[O-])cc1)N1CCCC1. The van der Waals surface area contributed by atoms with Crippen molar-refractivity contribution in [2.45, 2.75) is 36.7 Å². The van der Waals surface area contributed by atoms with Gasteiger partial charge in [0, 0.05) is 42.3 Å². The number of carbonyl (C=O) groups excluding carboxylic acids is 1. The number of nitro groups is 1. The molecule has 0 bridgehead atoms. The van der Waals surface area contributed by atoms with E-state index in [0.29, 0.717) is 18.6 Å². The summed E-state index contributed by atoms with van der Waals surface area (Å²) in [7, 11) is 0. The number of aliphatic hydroxyl groups is 1. The predicted molar refractivity (Wildman–Crippen MR) is 84.9 cm³/mol. The molecule has 0 aromatic heterocycles. The van der Waals surface area contributed by atoms with E-state index in [1.807, 2.05) is 4.90 Å². The van der Waals surface area contributed by atoms with Gasteiger partial charge in [-0.25, -0.2) is 0 Å². The fraction of sp³-hybridized carbons (Fsp3) is 0.533. The van der Waals surface area contributed by atoms with E-state index in [-0.39, 0.29) is 11.6 Å². The van der Waals surface area contributed by atoms with Crippen molar-refractivity contribution in [2.24, 2.45) is 0 Å². The fourth-order valence-corrected chi connectivity index (χ4v) is 3.23. The van der Waals surface area contributed by atoms with E-state index in [9.17, 15) is 20.0 Å². The quantitative estimate of drug-likeness (QED) is 0.473. The molecule has 1 atom stereocenters. The summed E-state index contributed by atoms with van der Waals surface area (Å²) in [5.74, 6) is 0.599. The molecule has 1 saturated heterocycles. The fourth-order valence-electron chi connectivity index (χ4n) is 2.35. The topological polar surface area (TPSA) is 83.7 Å². The molecule has 1 aliphatic rings. The van der Waals surface area contributed by atoms with E-state index in [1.165, 1.54) is 23.9 Å². The van der Waals surface area contributed by atoms with E-state index in [1.54, 1.807) is 12.1 Å². The Hall–Kier alpha value is -1.60. The Bertz CT molecular complexity index is 515. The number of thioether (sulfide) groups is 1. The number of hydrogen-bond acceptors (Lipinski definition) is 5. The Labute approximate surface area is 133 Å². The van der Waals surface area contributed by atoms with Gasteiger partial charge in [-0.1, -0.05) is 0 Å². The van der Waals surface area contributed by atoms with Gasteiger partial charge in [-0.15, -0.1) is 11.8 Å². The van der Waals surface area contributed by atoms with Gasteiger partial charge in [-0.05, 0) is 31.4 Å². The lowest BCUT2D eigenvalue weighted by Gasteiger charge is -2.16. The van der Waals surface area contributed by atoms with Crippen LogP contribution in [0.2, 0.25) is 0 Å². The first kappa shape index (κ1) is 16.8. The lowest BCUT2D eigenvalue weighted by Crippen LogP contribution is -2.28. The van der Waals surface area contributed by atoms with Crippen LogP contribution in [0.5, 0.6) is 0 Å². The second kappa shape index (κ2) is 8.14. The highest BCUT2D eigenvalue weighted by Gasteiger charge is 2.18. The van der Waals surface area contributed by atoms with Gasteiger partial charge in [-0.2, -0.15) is 0 Å². The minimum absolute atomic E-state index is 0.0566. The summed E-state index contributed by atoms with van der Waals surface area (Å²) in [5, 5.41) is 20.5. The third-order valence-corrected chi connectivity index (χ3v) is 4.80. The normalized spacial score (nSPS) is 15.8. The van der Waals surface area contributed by atoms with E-state index in [0.717, 1.165) is 30.8 Å². The number of rotatable bonds is 7. The maximum Gasteiger partial charge on any atom is 0.269 e. The van der Waals surface area contributed by atoms with E-state index in [4.69, 9.17) is 0 Å². The van der Waals surface area contributed by atoms with Crippen LogP contribution < -0.4 is 0 Å². The molecule has 22 heavy (non-hydrogen) atoms. The van der Waals surface area contributed by atoms with Gasteiger partial charge < -0.3 is 10.0 Å². The van der Waals surface area contributed by atoms with E-state index in [2.05, 4.69) is 0 Å². The lowest BCUT2D eigenvalue weighted by molar-refractivity contribution is -0.384. The smallest absolute Gasteiger partial charge is 0.269 e. The monoisotopic (exact) mass is 324 g/mol. The number of benzene rings is 1. The highest BCUT2D eigenvalue weighted by molar-refractivity contribution is 7.99. The van der Waals surface area contributed by atoms with Crippen molar-refractivity contribution in [3.05, 3.63) is 34.4 Å². The average molecular weight is 324 g/mol. The van der Waals surface area contributed by atoms with Crippen LogP contribution >= 0.6 is 11.8 Å². The standard InChI is InChI=1S/C15H20N2O4S/c18-13(5-8-15(19)16-9-1-2-10-16)11-22-14-6-3-12(4-7-14)17(20)21/h3-4,6-7,13,18H,1-2,5,8-11H2. The van der Waals surface area contributed by atoms with Crippen molar-refractivity contribution in [2.75, 3.05) is 18.8 Å². The van der Waals surface area contributed by atoms with Crippen LogP contribution in [-0.4, -0.2) is 45.8 Å². The summed E-state index contributed by atoms with van der Waals surface area (Å²) in [4.78, 5) is 24.7. The summed E-state index contributed by atoms with van der Waals surface area (Å²) < 4.78 is 0. The van der Waals surface area contributed by atoms with Crippen LogP contribution in [0.15, 0.2) is 29.2 Å². The molecule has 1 fully saturated rings. The van der Waals surface area contributed by atoms with Crippen LogP contribution in [0, 0.1) is 10.1 Å². The molecule has 0 saturated carbocycles. The van der Waals surface area contributed by atoms with Crippen LogP contribution in [-0.2, 0) is 4.79 Å². The number of amides is 1. The van der Waals surface area contributed by atoms with Crippen molar-refractivity contribution in [3.8, 4) is 0 Å². The molecule has 1 N–H and O–H groups in total. The van der Waals surface area contributed by atoms with Crippen molar-refractivity contribution in [1.82, 2.24) is 4.90 Å². The Morgan fingerprint density at radius 2 is 1.95 bits per heavy atom. The molecule has 1 amide bonds. The molecule has 2 rings (SSSR count). The molecule has 120 valence electrons. The summed E-state index contributed by atoms with van der Waals surface area (Å²) in [5.41, 5.74) is 0.0566. The van der Waals surface area contributed by atoms with Crippen LogP contribution in [0.25, 0.3) is 0 Å². The molecule has 0 radical (unpaired) electrons. The van der Waals surface area contributed by atoms with Gasteiger partial charge in [0.05, 0.1) is 11.0 Å². The Morgan fingerprint density at radius 1 is 1.32 bits per heavy atom. The molecular formula is C15H20N2O4S. The van der Waals surface area contributed by atoms with Crippen LogP contribution in [0.1, 0.15) is 25.7 Å². The number of likely N-dealkylation sites (tertiary alicyclic amines) is 1. The first-order valence-corrected chi connectivity index (χ1v) is 8.38. The maximum absolute atomic E-state index is 11.9. The molecule has 6 nitrogen and oxygen atoms in total. The van der Waals surface area contributed by atoms with Crippen molar-refractivity contribution in [1.29, 1.82) is 0 Å². The summed E-state index contributed by atoms with van der Waals surface area (Å²) in [6.45, 7) is 1.68. The first-order chi connectivity index (χ1) is 10.6. The van der Waals surface area contributed by atoms with Gasteiger partial charge >= 0.3 is 0 Å². The largest absolute Gasteiger partial charge is 0.392 e. The Kier molecular flexibility index (Phi) is 6.21. The zero-order valence-corrected chi connectivity index (χ0v) is 13.1. The average Bonchev–Trinajstić information content (AvgIpc) is 3.05. The van der Waals surface area contributed by atoms with Crippen LogP contribution in [0.3, 0.4) is 0 Å². The molecular weight excluding hydrogens is 304 g/mol. The predicted octanol–water partition coefficient (Wildman–Crippen LogP) is 2.45. The van der Waals surface area contributed by atoms with Gasteiger partial charge in [0.2, 0.25) is 5.91 Å². The number of nitro benzene ring substituents is 1. The van der Waals surface area contributed by atoms with E-state index < -0.39 is 11.0 Å². The number of nitrogens with zero attached hydrogens (tertiary/aromatic N) is 2. The van der Waals surface area contributed by atoms with Gasteiger partial charge in [0.15, 0.2) is 0 Å². The van der Waals surface area contributed by atoms with Crippen LogP contribution in [0.4, 0.5) is 5.69 Å². The Balaban J connectivity index is 1.69. The van der Waals surface area contributed by atoms with Crippen molar-refractivity contribution < 1.29 is 14.8 Å². The second-order valence-corrected chi connectivity index (χ2v) is 6.44. The van der Waals surface area contributed by atoms with E-state index >= 15 is 0 Å². The third kappa shape index (κ3) is 4.99.